The van der Waals surface area contributed by atoms with Gasteiger partial charge >= 0.3 is 12.1 Å². The third-order valence-electron chi connectivity index (χ3n) is 7.24. The normalized spacial score (nSPS) is 21.5. The number of halogens is 5. The van der Waals surface area contributed by atoms with Gasteiger partial charge < -0.3 is 14.6 Å². The van der Waals surface area contributed by atoms with Crippen LogP contribution < -0.4 is 0 Å². The Bertz CT molecular complexity index is 1390. The van der Waals surface area contributed by atoms with Gasteiger partial charge in [-0.1, -0.05) is 23.2 Å². The van der Waals surface area contributed by atoms with Crippen LogP contribution in [0.5, 0.6) is 0 Å². The lowest BCUT2D eigenvalue weighted by molar-refractivity contribution is -0.139. The van der Waals surface area contributed by atoms with E-state index in [0.717, 1.165) is 17.7 Å². The lowest BCUT2D eigenvalue weighted by atomic mass is 9.98. The van der Waals surface area contributed by atoms with E-state index >= 15 is 0 Å². The topological polar surface area (TPSA) is 62.5 Å². The Labute approximate surface area is 209 Å². The minimum atomic E-state index is -4.45. The number of benzene rings is 2. The summed E-state index contributed by atoms with van der Waals surface area (Å²) in [6.07, 6.45) is -2.47. The van der Waals surface area contributed by atoms with Crippen LogP contribution in [0.25, 0.3) is 10.9 Å². The molecule has 2 fully saturated rings. The monoisotopic (exact) mass is 524 g/mol. The van der Waals surface area contributed by atoms with E-state index in [0.29, 0.717) is 40.1 Å². The van der Waals surface area contributed by atoms with E-state index in [9.17, 15) is 27.9 Å². The number of likely N-dealkylation sites (tertiary alicyclic amines) is 1. The summed E-state index contributed by atoms with van der Waals surface area (Å²) in [5.74, 6) is -1.55. The summed E-state index contributed by atoms with van der Waals surface area (Å²) in [5.41, 5.74) is 1.74. The molecule has 0 bridgehead atoms. The van der Waals surface area contributed by atoms with Gasteiger partial charge in [0.15, 0.2) is 0 Å². The van der Waals surface area contributed by atoms with Crippen LogP contribution in [0.1, 0.15) is 32.6 Å². The lowest BCUT2D eigenvalue weighted by Crippen LogP contribution is -2.32. The summed E-state index contributed by atoms with van der Waals surface area (Å²) in [4.78, 5) is 26.0. The molecule has 5 nitrogen and oxygen atoms in total. The van der Waals surface area contributed by atoms with E-state index in [1.807, 2.05) is 0 Å². The number of rotatable bonds is 4. The molecule has 1 N–H and O–H groups in total. The van der Waals surface area contributed by atoms with Gasteiger partial charge in [-0.15, -0.1) is 0 Å². The number of carboxylic acids is 1. The van der Waals surface area contributed by atoms with Crippen molar-refractivity contribution in [1.82, 2.24) is 9.47 Å². The largest absolute Gasteiger partial charge is 0.481 e. The van der Waals surface area contributed by atoms with Crippen LogP contribution in [0.15, 0.2) is 30.5 Å². The van der Waals surface area contributed by atoms with Crippen LogP contribution >= 0.6 is 23.2 Å². The lowest BCUT2D eigenvalue weighted by Gasteiger charge is -2.21. The summed E-state index contributed by atoms with van der Waals surface area (Å²) in [6.45, 7) is 2.38. The van der Waals surface area contributed by atoms with Crippen molar-refractivity contribution in [2.45, 2.75) is 19.5 Å². The van der Waals surface area contributed by atoms with Crippen molar-refractivity contribution in [1.29, 1.82) is 0 Å². The Morgan fingerprint density at radius 1 is 1.14 bits per heavy atom. The van der Waals surface area contributed by atoms with E-state index in [-0.39, 0.29) is 40.7 Å². The molecule has 10 heteroatoms. The van der Waals surface area contributed by atoms with Gasteiger partial charge in [0.2, 0.25) is 0 Å². The molecule has 2 heterocycles. The highest BCUT2D eigenvalue weighted by molar-refractivity contribution is 6.38. The Morgan fingerprint density at radius 3 is 2.40 bits per heavy atom. The first-order valence-corrected chi connectivity index (χ1v) is 11.8. The Hall–Kier alpha value is -2.71. The number of aliphatic carboxylic acids is 1. The number of fused-ring (bicyclic) bond motifs is 2. The highest BCUT2D eigenvalue weighted by Gasteiger charge is 2.60. The third kappa shape index (κ3) is 3.96. The predicted octanol–water partition coefficient (Wildman–Crippen LogP) is 5.81. The fourth-order valence-electron chi connectivity index (χ4n) is 5.47. The maximum Gasteiger partial charge on any atom is 0.416 e. The molecule has 5 rings (SSSR count). The molecule has 1 saturated carbocycles. The van der Waals surface area contributed by atoms with Gasteiger partial charge in [-0.25, -0.2) is 0 Å². The second-order valence-electron chi connectivity index (χ2n) is 9.42. The van der Waals surface area contributed by atoms with E-state index < -0.39 is 17.7 Å². The zero-order valence-electron chi connectivity index (χ0n) is 18.8. The predicted molar refractivity (Wildman–Crippen MR) is 126 cm³/mol. The van der Waals surface area contributed by atoms with Gasteiger partial charge in [0.05, 0.1) is 22.1 Å². The number of nitrogens with zero attached hydrogens (tertiary/aromatic N) is 2. The molecule has 35 heavy (non-hydrogen) atoms. The number of carboxylic acid groups (broad SMARTS) is 1. The van der Waals surface area contributed by atoms with Crippen molar-refractivity contribution in [3.63, 3.8) is 0 Å². The summed E-state index contributed by atoms with van der Waals surface area (Å²) < 4.78 is 41.6. The molecule has 184 valence electrons. The highest BCUT2D eigenvalue weighted by atomic mass is 35.5. The Morgan fingerprint density at radius 2 is 1.80 bits per heavy atom. The fourth-order valence-corrected chi connectivity index (χ4v) is 6.06. The number of alkyl halides is 3. The first-order chi connectivity index (χ1) is 16.4. The SMILES string of the molecule is Cc1cc(C(F)(F)F)cc2c1c(Cc1c(Cl)ccc(C(=O)N3CC4C(C3)C4C(=O)O)c1Cl)cn2C. The van der Waals surface area contributed by atoms with Crippen LogP contribution in [-0.4, -0.2) is 39.5 Å². The first kappa shape index (κ1) is 24.0. The fraction of sp³-hybridized carbons (Fsp3) is 0.360. The molecule has 1 aliphatic heterocycles. The first-order valence-electron chi connectivity index (χ1n) is 11.0. The molecule has 2 unspecified atom stereocenters. The molecule has 1 saturated heterocycles. The van der Waals surface area contributed by atoms with Crippen molar-refractivity contribution < 1.29 is 27.9 Å². The van der Waals surface area contributed by atoms with Crippen LogP contribution in [-0.2, 0) is 24.4 Å². The maximum atomic E-state index is 13.3. The highest BCUT2D eigenvalue weighted by Crippen LogP contribution is 2.52. The molecule has 0 spiro atoms. The smallest absolute Gasteiger partial charge is 0.416 e. The zero-order valence-corrected chi connectivity index (χ0v) is 20.3. The number of aromatic nitrogens is 1. The summed E-state index contributed by atoms with van der Waals surface area (Å²) in [5, 5.41) is 10.4. The molecular weight excluding hydrogens is 504 g/mol. The molecule has 1 aromatic heterocycles. The quantitative estimate of drug-likeness (QED) is 0.468. The molecule has 2 aliphatic rings. The second-order valence-corrected chi connectivity index (χ2v) is 10.2. The average Bonchev–Trinajstić information content (AvgIpc) is 3.11. The van der Waals surface area contributed by atoms with Crippen molar-refractivity contribution >= 4 is 46.0 Å². The van der Waals surface area contributed by atoms with Crippen molar-refractivity contribution in [3.8, 4) is 0 Å². The van der Waals surface area contributed by atoms with Gasteiger partial charge in [-0.2, -0.15) is 13.2 Å². The summed E-state index contributed by atoms with van der Waals surface area (Å²) in [7, 11) is 1.68. The minimum Gasteiger partial charge on any atom is -0.481 e. The van der Waals surface area contributed by atoms with E-state index in [4.69, 9.17) is 23.2 Å². The summed E-state index contributed by atoms with van der Waals surface area (Å²) in [6, 6.07) is 5.39. The third-order valence-corrected chi connectivity index (χ3v) is 8.03. The standard InChI is InChI=1S/C25H21Cl2F3N2O3/c1-11-5-13(25(28,29)30)7-19-20(11)12(8-31(19)2)6-15-18(26)4-3-14(22(15)27)23(33)32-9-16-17(10-32)21(16)24(34)35/h3-5,7-8,16-17,21H,6,9-10H2,1-2H3,(H,34,35). The maximum absolute atomic E-state index is 13.3. The number of carbonyl (C=O) groups is 2. The van der Waals surface area contributed by atoms with Gasteiger partial charge in [-0.05, 0) is 59.7 Å². The van der Waals surface area contributed by atoms with E-state index in [1.54, 1.807) is 41.8 Å². The zero-order chi connectivity index (χ0) is 25.4. The van der Waals surface area contributed by atoms with Crippen LogP contribution in [0.4, 0.5) is 13.2 Å². The minimum absolute atomic E-state index is 0.0257. The molecule has 1 amide bonds. The van der Waals surface area contributed by atoms with Gasteiger partial charge in [-0.3, -0.25) is 9.59 Å². The number of amides is 1. The Balaban J connectivity index is 1.47. The molecule has 0 radical (unpaired) electrons. The van der Waals surface area contributed by atoms with Gasteiger partial charge in [0.1, 0.15) is 0 Å². The number of hydrogen-bond donors (Lipinski definition) is 1. The second kappa shape index (κ2) is 8.17. The number of piperidine rings is 1. The van der Waals surface area contributed by atoms with E-state index in [2.05, 4.69) is 0 Å². The molecule has 2 atom stereocenters. The van der Waals surface area contributed by atoms with Crippen molar-refractivity contribution in [3.05, 3.63) is 68.3 Å². The number of hydrogen-bond acceptors (Lipinski definition) is 2. The average molecular weight is 525 g/mol. The van der Waals surface area contributed by atoms with Crippen LogP contribution in [0.2, 0.25) is 10.0 Å². The molecule has 3 aromatic rings. The molecular formula is C25H21Cl2F3N2O3. The summed E-state index contributed by atoms with van der Waals surface area (Å²) >= 11 is 13.1. The van der Waals surface area contributed by atoms with Crippen LogP contribution in [0.3, 0.4) is 0 Å². The van der Waals surface area contributed by atoms with Gasteiger partial charge in [0, 0.05) is 48.7 Å². The Kier molecular flexibility index (Phi) is 5.60. The van der Waals surface area contributed by atoms with E-state index in [1.165, 1.54) is 0 Å². The van der Waals surface area contributed by atoms with Crippen molar-refractivity contribution in [2.75, 3.05) is 13.1 Å². The van der Waals surface area contributed by atoms with Gasteiger partial charge in [0.25, 0.3) is 5.91 Å². The molecule has 1 aliphatic carbocycles. The number of aryl methyl sites for hydroxylation is 2. The molecule has 2 aromatic carbocycles. The van der Waals surface area contributed by atoms with Crippen molar-refractivity contribution in [2.24, 2.45) is 24.8 Å². The van der Waals surface area contributed by atoms with Crippen LogP contribution in [0, 0.1) is 24.7 Å². The number of carbonyl (C=O) groups excluding carboxylic acids is 1.